The number of carboxylic acid groups (broad SMARTS) is 1. The van der Waals surface area contributed by atoms with Gasteiger partial charge in [-0.05, 0) is 24.6 Å². The number of rotatable bonds is 3. The highest BCUT2D eigenvalue weighted by atomic mass is 35.5. The zero-order valence-electron chi connectivity index (χ0n) is 14.5. The van der Waals surface area contributed by atoms with Gasteiger partial charge >= 0.3 is 5.97 Å². The van der Waals surface area contributed by atoms with Crippen LogP contribution in [0, 0.1) is 18.8 Å². The molecule has 4 rings (SSSR count). The van der Waals surface area contributed by atoms with Crippen molar-refractivity contribution in [1.82, 2.24) is 4.90 Å². The molecule has 2 bridgehead atoms. The van der Waals surface area contributed by atoms with Crippen molar-refractivity contribution in [1.29, 1.82) is 0 Å². The number of anilines is 1. The molecule has 3 aliphatic rings. The Morgan fingerprint density at radius 3 is 2.42 bits per heavy atom. The van der Waals surface area contributed by atoms with Crippen LogP contribution in [0.4, 0.5) is 5.69 Å². The lowest BCUT2D eigenvalue weighted by atomic mass is 9.82. The molecule has 0 aromatic heterocycles. The van der Waals surface area contributed by atoms with Gasteiger partial charge in [-0.15, -0.1) is 0 Å². The van der Waals surface area contributed by atoms with Crippen molar-refractivity contribution in [3.8, 4) is 0 Å². The third-order valence-corrected chi connectivity index (χ3v) is 5.81. The number of benzene rings is 1. The van der Waals surface area contributed by atoms with Crippen LogP contribution in [0.15, 0.2) is 30.4 Å². The Balaban J connectivity index is 1.45. The van der Waals surface area contributed by atoms with Crippen LogP contribution >= 0.6 is 11.6 Å². The van der Waals surface area contributed by atoms with Crippen LogP contribution in [-0.4, -0.2) is 60.3 Å². The molecule has 0 saturated carbocycles. The molecule has 1 N–H and O–H groups in total. The second-order valence-corrected chi connectivity index (χ2v) is 7.52. The second-order valence-electron chi connectivity index (χ2n) is 7.08. The van der Waals surface area contributed by atoms with Crippen LogP contribution in [0.3, 0.4) is 0 Å². The molecule has 1 aromatic carbocycles. The Kier molecular flexibility index (Phi) is 4.40. The van der Waals surface area contributed by atoms with Crippen LogP contribution in [-0.2, 0) is 14.3 Å². The van der Waals surface area contributed by atoms with Gasteiger partial charge in [0, 0.05) is 36.9 Å². The summed E-state index contributed by atoms with van der Waals surface area (Å²) in [7, 11) is 0. The summed E-state index contributed by atoms with van der Waals surface area (Å²) in [6.45, 7) is 4.56. The van der Waals surface area contributed by atoms with E-state index in [0.29, 0.717) is 31.2 Å². The molecule has 0 spiro atoms. The molecule has 1 aromatic rings. The molecule has 7 heteroatoms. The van der Waals surface area contributed by atoms with Gasteiger partial charge in [0.1, 0.15) is 5.92 Å². The Labute approximate surface area is 157 Å². The minimum atomic E-state index is -0.964. The Morgan fingerprint density at radius 1 is 1.12 bits per heavy atom. The quantitative estimate of drug-likeness (QED) is 0.816. The number of carboxylic acids is 1. The van der Waals surface area contributed by atoms with Gasteiger partial charge in [-0.1, -0.05) is 29.8 Å². The standard InChI is InChI=1S/C19H21ClN2O4/c1-11-2-3-12(20)10-13(11)21-6-8-22(9-7-21)18(23)16-14-4-5-15(26-14)17(16)19(24)25/h2-5,10,14-17H,6-9H2,1H3,(H,24,25)/t14-,15-,16+,17-/m0/s1. The molecule has 1 amide bonds. The average molecular weight is 377 g/mol. The number of fused-ring (bicyclic) bond motifs is 2. The number of amides is 1. The van der Waals surface area contributed by atoms with Crippen LogP contribution in [0.5, 0.6) is 0 Å². The van der Waals surface area contributed by atoms with Crippen molar-refractivity contribution in [3.63, 3.8) is 0 Å². The summed E-state index contributed by atoms with van der Waals surface area (Å²) in [4.78, 5) is 28.6. The van der Waals surface area contributed by atoms with Gasteiger partial charge in [0.25, 0.3) is 0 Å². The van der Waals surface area contributed by atoms with Gasteiger partial charge in [-0.2, -0.15) is 0 Å². The number of ether oxygens (including phenoxy) is 1. The SMILES string of the molecule is Cc1ccc(Cl)cc1N1CCN(C(=O)[C@H]2[C@@H](C(=O)O)[C@@H]3C=C[C@@H]2O3)CC1. The number of piperazine rings is 1. The van der Waals surface area contributed by atoms with Crippen LogP contribution < -0.4 is 4.90 Å². The van der Waals surface area contributed by atoms with Gasteiger partial charge in [-0.3, -0.25) is 9.59 Å². The first-order valence-corrected chi connectivity index (χ1v) is 9.20. The van der Waals surface area contributed by atoms with Gasteiger partial charge in [0.2, 0.25) is 5.91 Å². The number of nitrogens with zero attached hydrogens (tertiary/aromatic N) is 2. The highest BCUT2D eigenvalue weighted by molar-refractivity contribution is 6.30. The van der Waals surface area contributed by atoms with Crippen LogP contribution in [0.2, 0.25) is 5.02 Å². The molecular formula is C19H21ClN2O4. The van der Waals surface area contributed by atoms with Crippen molar-refractivity contribution in [2.45, 2.75) is 19.1 Å². The molecule has 138 valence electrons. The summed E-state index contributed by atoms with van der Waals surface area (Å²) in [5, 5.41) is 10.2. The lowest BCUT2D eigenvalue weighted by Crippen LogP contribution is -2.53. The van der Waals surface area contributed by atoms with Crippen molar-refractivity contribution in [3.05, 3.63) is 40.9 Å². The number of hydrogen-bond acceptors (Lipinski definition) is 4. The Hall–Kier alpha value is -2.05. The van der Waals surface area contributed by atoms with E-state index in [0.717, 1.165) is 11.3 Å². The molecule has 2 saturated heterocycles. The van der Waals surface area contributed by atoms with E-state index in [2.05, 4.69) is 4.90 Å². The number of carbonyl (C=O) groups excluding carboxylic acids is 1. The molecule has 3 heterocycles. The zero-order chi connectivity index (χ0) is 18.4. The molecule has 6 nitrogen and oxygen atoms in total. The smallest absolute Gasteiger partial charge is 0.310 e. The summed E-state index contributed by atoms with van der Waals surface area (Å²) in [5.41, 5.74) is 2.23. The molecule has 26 heavy (non-hydrogen) atoms. The monoisotopic (exact) mass is 376 g/mol. The number of halogens is 1. The van der Waals surface area contributed by atoms with Gasteiger partial charge in [0.05, 0.1) is 18.1 Å². The van der Waals surface area contributed by atoms with Crippen LogP contribution in [0.25, 0.3) is 0 Å². The molecule has 4 atom stereocenters. The van der Waals surface area contributed by atoms with Crippen molar-refractivity contribution >= 4 is 29.2 Å². The number of aryl methyl sites for hydroxylation is 1. The molecule has 0 aliphatic carbocycles. The maximum atomic E-state index is 13.0. The van der Waals surface area contributed by atoms with Gasteiger partial charge < -0.3 is 19.6 Å². The first-order chi connectivity index (χ1) is 12.5. The zero-order valence-corrected chi connectivity index (χ0v) is 15.2. The van der Waals surface area contributed by atoms with E-state index in [1.54, 1.807) is 11.0 Å². The topological polar surface area (TPSA) is 70.1 Å². The molecule has 3 aliphatic heterocycles. The summed E-state index contributed by atoms with van der Waals surface area (Å²) in [6.07, 6.45) is 2.68. The van der Waals surface area contributed by atoms with E-state index in [9.17, 15) is 14.7 Å². The molecule has 0 radical (unpaired) electrons. The number of aliphatic carboxylic acids is 1. The fourth-order valence-corrected chi connectivity index (χ4v) is 4.36. The van der Waals surface area contributed by atoms with Crippen molar-refractivity contribution in [2.24, 2.45) is 11.8 Å². The molecule has 0 unspecified atom stereocenters. The molecular weight excluding hydrogens is 356 g/mol. The van der Waals surface area contributed by atoms with E-state index in [4.69, 9.17) is 16.3 Å². The third-order valence-electron chi connectivity index (χ3n) is 5.57. The van der Waals surface area contributed by atoms with Crippen molar-refractivity contribution < 1.29 is 19.4 Å². The Morgan fingerprint density at radius 2 is 1.77 bits per heavy atom. The highest BCUT2D eigenvalue weighted by Crippen LogP contribution is 2.40. The summed E-state index contributed by atoms with van der Waals surface area (Å²) in [6, 6.07) is 5.81. The summed E-state index contributed by atoms with van der Waals surface area (Å²) >= 11 is 6.12. The van der Waals surface area contributed by atoms with E-state index in [1.807, 2.05) is 31.2 Å². The first kappa shape index (κ1) is 17.4. The number of carbonyl (C=O) groups is 2. The predicted molar refractivity (Wildman–Crippen MR) is 97.4 cm³/mol. The van der Waals surface area contributed by atoms with Crippen LogP contribution in [0.1, 0.15) is 5.56 Å². The van der Waals surface area contributed by atoms with Crippen molar-refractivity contribution in [2.75, 3.05) is 31.1 Å². The lowest BCUT2D eigenvalue weighted by molar-refractivity contribution is -0.149. The van der Waals surface area contributed by atoms with Gasteiger partial charge in [-0.25, -0.2) is 0 Å². The summed E-state index contributed by atoms with van der Waals surface area (Å²) in [5.74, 6) is -2.49. The van der Waals surface area contributed by atoms with E-state index < -0.39 is 30.0 Å². The molecule has 2 fully saturated rings. The Bertz CT molecular complexity index is 773. The second kappa shape index (κ2) is 6.59. The third kappa shape index (κ3) is 2.87. The minimum Gasteiger partial charge on any atom is -0.481 e. The fraction of sp³-hybridized carbons (Fsp3) is 0.474. The minimum absolute atomic E-state index is 0.114. The maximum absolute atomic E-state index is 13.0. The summed E-state index contributed by atoms with van der Waals surface area (Å²) < 4.78 is 5.63. The fourth-order valence-electron chi connectivity index (χ4n) is 4.20. The average Bonchev–Trinajstić information content (AvgIpc) is 3.24. The number of hydrogen-bond donors (Lipinski definition) is 1. The van der Waals surface area contributed by atoms with E-state index >= 15 is 0 Å². The highest BCUT2D eigenvalue weighted by Gasteiger charge is 2.54. The van der Waals surface area contributed by atoms with Gasteiger partial charge in [0.15, 0.2) is 0 Å². The maximum Gasteiger partial charge on any atom is 0.310 e. The van der Waals surface area contributed by atoms with E-state index in [-0.39, 0.29) is 5.91 Å². The normalized spacial score (nSPS) is 30.1. The lowest BCUT2D eigenvalue weighted by Gasteiger charge is -2.38. The predicted octanol–water partition coefficient (Wildman–Crippen LogP) is 1.95. The largest absolute Gasteiger partial charge is 0.481 e. The first-order valence-electron chi connectivity index (χ1n) is 8.82. The van der Waals surface area contributed by atoms with E-state index in [1.165, 1.54) is 0 Å².